The number of nitrogens with one attached hydrogen (secondary N) is 1. The third-order valence-electron chi connectivity index (χ3n) is 5.07. The van der Waals surface area contributed by atoms with Crippen LogP contribution in [-0.2, 0) is 14.8 Å². The van der Waals surface area contributed by atoms with Gasteiger partial charge in [0.2, 0.25) is 10.0 Å². The molecule has 10 nitrogen and oxygen atoms in total. The van der Waals surface area contributed by atoms with Gasteiger partial charge in [-0.3, -0.25) is 15.5 Å². The highest BCUT2D eigenvalue weighted by Crippen LogP contribution is 2.29. The van der Waals surface area contributed by atoms with E-state index in [-0.39, 0.29) is 29.4 Å². The molecule has 2 aliphatic rings. The second-order valence-corrected chi connectivity index (χ2v) is 8.99. The summed E-state index contributed by atoms with van der Waals surface area (Å²) in [5.74, 6) is 0. The van der Waals surface area contributed by atoms with Crippen molar-refractivity contribution in [2.45, 2.75) is 31.1 Å². The molecule has 29 heavy (non-hydrogen) atoms. The summed E-state index contributed by atoms with van der Waals surface area (Å²) in [6.45, 7) is 6.09. The Bertz CT molecular complexity index is 857. The van der Waals surface area contributed by atoms with Crippen LogP contribution in [0.5, 0.6) is 0 Å². The van der Waals surface area contributed by atoms with Crippen molar-refractivity contribution in [1.82, 2.24) is 9.21 Å². The molecule has 1 aromatic rings. The Morgan fingerprint density at radius 3 is 2.52 bits per heavy atom. The highest BCUT2D eigenvalue weighted by molar-refractivity contribution is 7.89. The number of likely N-dealkylation sites (tertiary alicyclic amines) is 1. The minimum absolute atomic E-state index is 0.138. The lowest BCUT2D eigenvalue weighted by atomic mass is 10.1. The van der Waals surface area contributed by atoms with E-state index < -0.39 is 14.9 Å². The third-order valence-corrected chi connectivity index (χ3v) is 7.01. The maximum atomic E-state index is 13.1. The molecular formula is C18H27N5O5S. The zero-order chi connectivity index (χ0) is 20.9. The topological polar surface area (TPSA) is 117 Å². The van der Waals surface area contributed by atoms with Crippen molar-refractivity contribution in [2.24, 2.45) is 5.10 Å². The molecule has 1 aromatic carbocycles. The zero-order valence-electron chi connectivity index (χ0n) is 16.5. The van der Waals surface area contributed by atoms with Crippen LogP contribution >= 0.6 is 0 Å². The molecule has 160 valence electrons. The van der Waals surface area contributed by atoms with E-state index in [1.807, 2.05) is 0 Å². The van der Waals surface area contributed by atoms with Gasteiger partial charge in [0.15, 0.2) is 0 Å². The molecule has 0 aromatic heterocycles. The number of piperidine rings is 1. The molecule has 0 radical (unpaired) electrons. The summed E-state index contributed by atoms with van der Waals surface area (Å²) >= 11 is 0. The molecule has 11 heteroatoms. The molecule has 0 atom stereocenters. The van der Waals surface area contributed by atoms with Crippen molar-refractivity contribution in [1.29, 1.82) is 0 Å². The van der Waals surface area contributed by atoms with Gasteiger partial charge in [0.1, 0.15) is 4.90 Å². The van der Waals surface area contributed by atoms with Crippen LogP contribution in [0, 0.1) is 10.1 Å². The Kier molecular flexibility index (Phi) is 7.17. The summed E-state index contributed by atoms with van der Waals surface area (Å²) in [4.78, 5) is 12.8. The summed E-state index contributed by atoms with van der Waals surface area (Å²) in [5.41, 5.74) is 3.78. The van der Waals surface area contributed by atoms with Gasteiger partial charge in [-0.2, -0.15) is 9.41 Å². The molecule has 0 saturated carbocycles. The number of anilines is 1. The largest absolute Gasteiger partial charge is 0.379 e. The first kappa shape index (κ1) is 21.6. The fraction of sp³-hybridized carbons (Fsp3) is 0.611. The molecule has 0 amide bonds. The van der Waals surface area contributed by atoms with E-state index in [1.165, 1.54) is 16.4 Å². The first-order valence-corrected chi connectivity index (χ1v) is 11.3. The van der Waals surface area contributed by atoms with E-state index in [2.05, 4.69) is 22.4 Å². The van der Waals surface area contributed by atoms with E-state index >= 15 is 0 Å². The Balaban J connectivity index is 1.83. The highest BCUT2D eigenvalue weighted by Gasteiger charge is 2.30. The number of nitro benzene ring substituents is 1. The fourth-order valence-electron chi connectivity index (χ4n) is 3.46. The molecule has 0 bridgehead atoms. The van der Waals surface area contributed by atoms with E-state index in [4.69, 9.17) is 4.74 Å². The van der Waals surface area contributed by atoms with E-state index in [1.54, 1.807) is 0 Å². The van der Waals surface area contributed by atoms with Crippen LogP contribution in [0.4, 0.5) is 11.4 Å². The highest BCUT2D eigenvalue weighted by atomic mass is 32.2. The van der Waals surface area contributed by atoms with Gasteiger partial charge < -0.3 is 9.64 Å². The molecule has 2 saturated heterocycles. The van der Waals surface area contributed by atoms with Crippen LogP contribution in [0.3, 0.4) is 0 Å². The maximum Gasteiger partial charge on any atom is 0.270 e. The van der Waals surface area contributed by atoms with Gasteiger partial charge >= 0.3 is 0 Å². The zero-order valence-corrected chi connectivity index (χ0v) is 17.4. The summed E-state index contributed by atoms with van der Waals surface area (Å²) < 4.78 is 32.7. The average molecular weight is 426 g/mol. The van der Waals surface area contributed by atoms with Crippen LogP contribution < -0.4 is 5.43 Å². The average Bonchev–Trinajstić information content (AvgIpc) is 2.74. The van der Waals surface area contributed by atoms with Gasteiger partial charge in [-0.25, -0.2) is 8.42 Å². The monoisotopic (exact) mass is 425 g/mol. The Morgan fingerprint density at radius 1 is 1.21 bits per heavy atom. The number of morpholine rings is 1. The molecule has 0 spiro atoms. The first-order chi connectivity index (χ1) is 13.9. The number of benzene rings is 1. The molecule has 2 heterocycles. The normalized spacial score (nSPS) is 19.1. The standard InChI is InChI=1S/C18H27N5O5S/c1-2-7-21-8-5-15(6-9-21)19-20-17-4-3-16(23(24)25)14-18(17)29(26,27)22-10-12-28-13-11-22/h3-4,14,20H,2,5-13H2,1H3. The molecule has 1 N–H and O–H groups in total. The van der Waals surface area contributed by atoms with Crippen LogP contribution in [0.25, 0.3) is 0 Å². The number of hydrazone groups is 1. The van der Waals surface area contributed by atoms with E-state index in [0.717, 1.165) is 50.7 Å². The molecule has 2 fully saturated rings. The minimum Gasteiger partial charge on any atom is -0.379 e. The molecule has 0 unspecified atom stereocenters. The fourth-order valence-corrected chi connectivity index (χ4v) is 5.03. The quantitative estimate of drug-likeness (QED) is 0.523. The molecule has 2 aliphatic heterocycles. The lowest BCUT2D eigenvalue weighted by Crippen LogP contribution is -2.40. The second-order valence-electron chi connectivity index (χ2n) is 7.09. The van der Waals surface area contributed by atoms with Crippen molar-refractivity contribution in [3.8, 4) is 0 Å². The Labute approximate surface area is 170 Å². The minimum atomic E-state index is -3.91. The summed E-state index contributed by atoms with van der Waals surface area (Å²) in [6.07, 6.45) is 2.73. The third kappa shape index (κ3) is 5.30. The van der Waals surface area contributed by atoms with Crippen molar-refractivity contribution in [3.05, 3.63) is 28.3 Å². The van der Waals surface area contributed by atoms with Crippen LogP contribution in [0.15, 0.2) is 28.2 Å². The Morgan fingerprint density at radius 2 is 1.90 bits per heavy atom. The lowest BCUT2D eigenvalue weighted by Gasteiger charge is -2.27. The van der Waals surface area contributed by atoms with E-state index in [0.29, 0.717) is 13.2 Å². The van der Waals surface area contributed by atoms with Crippen LogP contribution in [0.2, 0.25) is 0 Å². The maximum absolute atomic E-state index is 13.1. The number of ether oxygens (including phenoxy) is 1. The van der Waals surface area contributed by atoms with Crippen LogP contribution in [-0.4, -0.2) is 74.2 Å². The summed E-state index contributed by atoms with van der Waals surface area (Å²) in [7, 11) is -3.91. The predicted molar refractivity (Wildman–Crippen MR) is 110 cm³/mol. The number of non-ortho nitro benzene ring substituents is 1. The SMILES string of the molecule is CCCN1CCC(=NNc2ccc([N+](=O)[O-])cc2S(=O)(=O)N2CCOCC2)CC1. The number of rotatable bonds is 7. The van der Waals surface area contributed by atoms with Crippen LogP contribution in [0.1, 0.15) is 26.2 Å². The first-order valence-electron chi connectivity index (χ1n) is 9.82. The number of nitro groups is 1. The van der Waals surface area contributed by atoms with Crippen molar-refractivity contribution < 1.29 is 18.1 Å². The van der Waals surface area contributed by atoms with Crippen molar-refractivity contribution in [3.63, 3.8) is 0 Å². The number of sulfonamides is 1. The number of hydrogen-bond acceptors (Lipinski definition) is 8. The van der Waals surface area contributed by atoms with Gasteiger partial charge in [0.05, 0.1) is 23.8 Å². The Hall–Kier alpha value is -2.08. The van der Waals surface area contributed by atoms with Crippen molar-refractivity contribution >= 4 is 27.1 Å². The summed E-state index contributed by atoms with van der Waals surface area (Å²) in [6, 6.07) is 3.78. The van der Waals surface area contributed by atoms with Gasteiger partial charge in [-0.1, -0.05) is 6.92 Å². The molecule has 0 aliphatic carbocycles. The number of nitrogens with zero attached hydrogens (tertiary/aromatic N) is 4. The van der Waals surface area contributed by atoms with E-state index in [9.17, 15) is 18.5 Å². The van der Waals surface area contributed by atoms with Gasteiger partial charge in [0, 0.05) is 56.9 Å². The van der Waals surface area contributed by atoms with Gasteiger partial charge in [0.25, 0.3) is 5.69 Å². The van der Waals surface area contributed by atoms with Gasteiger partial charge in [-0.15, -0.1) is 0 Å². The van der Waals surface area contributed by atoms with Gasteiger partial charge in [-0.05, 0) is 19.0 Å². The second kappa shape index (κ2) is 9.61. The molecule has 3 rings (SSSR count). The lowest BCUT2D eigenvalue weighted by molar-refractivity contribution is -0.385. The molecular weight excluding hydrogens is 398 g/mol. The predicted octanol–water partition coefficient (Wildman–Crippen LogP) is 1.89. The number of hydrogen-bond donors (Lipinski definition) is 1. The smallest absolute Gasteiger partial charge is 0.270 e. The summed E-state index contributed by atoms with van der Waals surface area (Å²) in [5, 5.41) is 15.6. The van der Waals surface area contributed by atoms with Crippen molar-refractivity contribution in [2.75, 3.05) is 51.4 Å².